The van der Waals surface area contributed by atoms with Crippen molar-refractivity contribution in [1.29, 1.82) is 0 Å². The van der Waals surface area contributed by atoms with E-state index in [0.29, 0.717) is 29.4 Å². The van der Waals surface area contributed by atoms with Crippen molar-refractivity contribution in [2.45, 2.75) is 25.9 Å². The van der Waals surface area contributed by atoms with Crippen LogP contribution in [0.5, 0.6) is 5.75 Å². The van der Waals surface area contributed by atoms with Gasteiger partial charge < -0.3 is 15.2 Å². The summed E-state index contributed by atoms with van der Waals surface area (Å²) in [6, 6.07) is 14.4. The van der Waals surface area contributed by atoms with Crippen LogP contribution in [0.2, 0.25) is 0 Å². The number of aromatic nitrogens is 1. The highest BCUT2D eigenvalue weighted by atomic mass is 16.5. The zero-order chi connectivity index (χ0) is 22.7. The molecule has 1 amide bonds. The molecule has 32 heavy (non-hydrogen) atoms. The van der Waals surface area contributed by atoms with Crippen molar-refractivity contribution >= 4 is 34.4 Å². The summed E-state index contributed by atoms with van der Waals surface area (Å²) in [6.07, 6.45) is 4.04. The molecule has 2 N–H and O–H groups in total. The Hall–Kier alpha value is -3.93. The third-order valence-corrected chi connectivity index (χ3v) is 5.45. The molecular weight excluding hydrogens is 404 g/mol. The number of pyridine rings is 1. The van der Waals surface area contributed by atoms with Gasteiger partial charge in [0.2, 0.25) is 0 Å². The van der Waals surface area contributed by atoms with Crippen LogP contribution in [0.4, 0.5) is 0 Å². The Bertz CT molecular complexity index is 1230. The summed E-state index contributed by atoms with van der Waals surface area (Å²) < 4.78 is 5.54. The summed E-state index contributed by atoms with van der Waals surface area (Å²) >= 11 is 0. The van der Waals surface area contributed by atoms with Gasteiger partial charge in [-0.15, -0.1) is 6.58 Å². The van der Waals surface area contributed by atoms with Crippen LogP contribution in [0.25, 0.3) is 22.6 Å². The monoisotopic (exact) mass is 428 g/mol. The number of hydrogen-bond donors (Lipinski definition) is 2. The predicted molar refractivity (Wildman–Crippen MR) is 124 cm³/mol. The Morgan fingerprint density at radius 2 is 1.94 bits per heavy atom. The van der Waals surface area contributed by atoms with Gasteiger partial charge in [0.05, 0.1) is 16.8 Å². The van der Waals surface area contributed by atoms with Crippen LogP contribution in [0.15, 0.2) is 61.2 Å². The number of benzene rings is 2. The number of rotatable bonds is 6. The van der Waals surface area contributed by atoms with Crippen molar-refractivity contribution in [2.24, 2.45) is 0 Å². The van der Waals surface area contributed by atoms with Crippen LogP contribution in [-0.4, -0.2) is 34.6 Å². The molecular formula is C26H24N2O4. The summed E-state index contributed by atoms with van der Waals surface area (Å²) in [5.74, 6) is -0.701. The number of carbonyl (C=O) groups excluding carboxylic acids is 2. The largest absolute Gasteiger partial charge is 0.508 e. The maximum absolute atomic E-state index is 13.2. The van der Waals surface area contributed by atoms with Gasteiger partial charge >= 0.3 is 5.97 Å². The lowest BCUT2D eigenvalue weighted by atomic mass is 10.0. The number of nitrogens with one attached hydrogen (secondary N) is 1. The van der Waals surface area contributed by atoms with Gasteiger partial charge in [-0.2, -0.15) is 0 Å². The number of allylic oxidation sites excluding steroid dienone is 1. The summed E-state index contributed by atoms with van der Waals surface area (Å²) in [4.78, 5) is 30.2. The number of fused-ring (bicyclic) bond motifs is 2. The average Bonchev–Trinajstić information content (AvgIpc) is 3.19. The van der Waals surface area contributed by atoms with Gasteiger partial charge in [0.1, 0.15) is 5.75 Å². The minimum Gasteiger partial charge on any atom is -0.508 e. The molecule has 0 saturated carbocycles. The maximum atomic E-state index is 13.2. The number of ether oxygens (including phenoxy) is 1. The minimum atomic E-state index is -0.932. The number of esters is 1. The van der Waals surface area contributed by atoms with E-state index in [-0.39, 0.29) is 11.7 Å². The summed E-state index contributed by atoms with van der Waals surface area (Å²) in [5, 5.41) is 12.9. The van der Waals surface area contributed by atoms with Gasteiger partial charge in [0.25, 0.3) is 5.91 Å². The number of hydrogen-bond acceptors (Lipinski definition) is 5. The molecule has 0 radical (unpaired) electrons. The smallest absolute Gasteiger partial charge is 0.339 e. The number of phenolic OH excluding ortho intramolecular Hbond substituents is 1. The van der Waals surface area contributed by atoms with Crippen LogP contribution in [0.3, 0.4) is 0 Å². The lowest BCUT2D eigenvalue weighted by Gasteiger charge is -2.16. The second-order valence-electron chi connectivity index (χ2n) is 7.67. The highest BCUT2D eigenvalue weighted by Gasteiger charge is 2.29. The molecule has 2 aromatic carbocycles. The third kappa shape index (κ3) is 4.25. The standard InChI is InChI=1S/C26H24N2O4/c1-3-14-27-25(30)16(2)32-26(31)23-20-6-4-5-7-22(20)28-24-18(10-13-21(23)24)15-17-8-11-19(29)12-9-17/h3-9,11-12,15-16,29H,1,10,13-14H2,2H3,(H,27,30)/b18-15+/t16-/m1/s1. The van der Waals surface area contributed by atoms with Gasteiger partial charge in [-0.05, 0) is 60.7 Å². The fraction of sp³-hybridized carbons (Fsp3) is 0.192. The van der Waals surface area contributed by atoms with Crippen LogP contribution in [0, 0.1) is 0 Å². The molecule has 4 rings (SSSR count). The quantitative estimate of drug-likeness (QED) is 0.452. The van der Waals surface area contributed by atoms with Crippen LogP contribution in [-0.2, 0) is 16.0 Å². The topological polar surface area (TPSA) is 88.5 Å². The Morgan fingerprint density at radius 3 is 2.69 bits per heavy atom. The molecule has 0 unspecified atom stereocenters. The summed E-state index contributed by atoms with van der Waals surface area (Å²) in [6.45, 7) is 5.43. The molecule has 1 aliphatic rings. The van der Waals surface area contributed by atoms with Crippen molar-refractivity contribution in [3.05, 3.63) is 83.6 Å². The van der Waals surface area contributed by atoms with E-state index in [1.54, 1.807) is 25.1 Å². The molecule has 0 bridgehead atoms. The van der Waals surface area contributed by atoms with Crippen LogP contribution < -0.4 is 5.32 Å². The van der Waals surface area contributed by atoms with E-state index in [9.17, 15) is 14.7 Å². The lowest BCUT2D eigenvalue weighted by Crippen LogP contribution is -2.36. The molecule has 3 aromatic rings. The molecule has 6 nitrogen and oxygen atoms in total. The number of nitrogens with zero attached hydrogens (tertiary/aromatic N) is 1. The molecule has 0 fully saturated rings. The second-order valence-corrected chi connectivity index (χ2v) is 7.67. The van der Waals surface area contributed by atoms with E-state index < -0.39 is 12.1 Å². The zero-order valence-electron chi connectivity index (χ0n) is 17.8. The second kappa shape index (κ2) is 9.06. The van der Waals surface area contributed by atoms with Crippen LogP contribution in [0.1, 0.15) is 40.5 Å². The molecule has 1 atom stereocenters. The van der Waals surface area contributed by atoms with Crippen molar-refractivity contribution in [2.75, 3.05) is 6.54 Å². The molecule has 0 saturated heterocycles. The number of amides is 1. The first-order valence-electron chi connectivity index (χ1n) is 10.5. The van der Waals surface area contributed by atoms with Crippen molar-refractivity contribution in [3.8, 4) is 5.75 Å². The highest BCUT2D eigenvalue weighted by Crippen LogP contribution is 2.38. The Morgan fingerprint density at radius 1 is 1.19 bits per heavy atom. The number of carbonyl (C=O) groups is 2. The molecule has 162 valence electrons. The van der Waals surface area contributed by atoms with Gasteiger partial charge in [0.15, 0.2) is 6.10 Å². The Kier molecular flexibility index (Phi) is 6.03. The average molecular weight is 428 g/mol. The van der Waals surface area contributed by atoms with Gasteiger partial charge in [0, 0.05) is 11.9 Å². The normalized spacial score (nSPS) is 14.7. The van der Waals surface area contributed by atoms with E-state index in [1.165, 1.54) is 0 Å². The molecule has 6 heteroatoms. The van der Waals surface area contributed by atoms with Gasteiger partial charge in [-0.1, -0.05) is 36.4 Å². The van der Waals surface area contributed by atoms with E-state index in [2.05, 4.69) is 11.9 Å². The SMILES string of the molecule is C=CCNC(=O)[C@@H](C)OC(=O)c1c2c(nc3ccccc13)/C(=C/c1ccc(O)cc1)CC2. The minimum absolute atomic E-state index is 0.208. The molecule has 1 heterocycles. The van der Waals surface area contributed by atoms with E-state index in [4.69, 9.17) is 9.72 Å². The molecule has 0 aliphatic heterocycles. The van der Waals surface area contributed by atoms with Crippen molar-refractivity contribution < 1.29 is 19.4 Å². The predicted octanol–water partition coefficient (Wildman–Crippen LogP) is 4.27. The first-order valence-corrected chi connectivity index (χ1v) is 10.5. The molecule has 0 spiro atoms. The fourth-order valence-electron chi connectivity index (χ4n) is 3.87. The Balaban J connectivity index is 1.73. The van der Waals surface area contributed by atoms with Crippen molar-refractivity contribution in [3.63, 3.8) is 0 Å². The summed E-state index contributed by atoms with van der Waals surface area (Å²) in [5.41, 5.74) is 4.72. The zero-order valence-corrected chi connectivity index (χ0v) is 17.8. The number of phenols is 1. The summed E-state index contributed by atoms with van der Waals surface area (Å²) in [7, 11) is 0. The van der Waals surface area contributed by atoms with E-state index in [0.717, 1.165) is 28.8 Å². The number of para-hydroxylation sites is 1. The highest BCUT2D eigenvalue weighted by molar-refractivity contribution is 6.07. The fourth-order valence-corrected chi connectivity index (χ4v) is 3.87. The van der Waals surface area contributed by atoms with Gasteiger partial charge in [-0.25, -0.2) is 9.78 Å². The van der Waals surface area contributed by atoms with E-state index in [1.807, 2.05) is 42.5 Å². The van der Waals surface area contributed by atoms with Gasteiger partial charge in [-0.3, -0.25) is 4.79 Å². The van der Waals surface area contributed by atoms with Crippen molar-refractivity contribution in [1.82, 2.24) is 10.3 Å². The lowest BCUT2D eigenvalue weighted by molar-refractivity contribution is -0.128. The third-order valence-electron chi connectivity index (χ3n) is 5.45. The Labute approximate surface area is 186 Å². The first kappa shape index (κ1) is 21.3. The first-order chi connectivity index (χ1) is 15.5. The molecule has 1 aromatic heterocycles. The number of aromatic hydroxyl groups is 1. The molecule has 1 aliphatic carbocycles. The maximum Gasteiger partial charge on any atom is 0.339 e. The van der Waals surface area contributed by atoms with E-state index >= 15 is 0 Å². The van der Waals surface area contributed by atoms with Crippen LogP contribution >= 0.6 is 0 Å².